The first kappa shape index (κ1) is 30.8. The topological polar surface area (TPSA) is 91.0 Å². The van der Waals surface area contributed by atoms with Gasteiger partial charge in [-0.05, 0) is 35.7 Å². The molecule has 1 aliphatic rings. The van der Waals surface area contributed by atoms with Crippen molar-refractivity contribution in [1.29, 1.82) is 0 Å². The SMILES string of the molecule is CC(C)(C)CN(CC(F)(F)F)[C@@H](CNC(=O)c1ccc(Cl)s1)C(=O)Nc1ccc(N2CCOCC2=O)cc1F. The maximum atomic E-state index is 15.0. The fourth-order valence-corrected chi connectivity index (χ4v) is 4.96. The summed E-state index contributed by atoms with van der Waals surface area (Å²) in [6.45, 7) is 3.44. The lowest BCUT2D eigenvalue weighted by Crippen LogP contribution is -2.55. The van der Waals surface area contributed by atoms with E-state index in [-0.39, 0.29) is 48.5 Å². The first-order chi connectivity index (χ1) is 18.1. The van der Waals surface area contributed by atoms with Gasteiger partial charge >= 0.3 is 6.18 Å². The van der Waals surface area contributed by atoms with E-state index in [0.29, 0.717) is 4.34 Å². The number of amides is 3. The first-order valence-electron chi connectivity index (χ1n) is 12.0. The molecule has 1 atom stereocenters. The molecule has 0 bridgehead atoms. The molecule has 2 N–H and O–H groups in total. The van der Waals surface area contributed by atoms with Crippen molar-refractivity contribution in [3.05, 3.63) is 45.4 Å². The number of anilines is 2. The summed E-state index contributed by atoms with van der Waals surface area (Å²) in [5, 5.41) is 4.85. The quantitative estimate of drug-likeness (QED) is 0.417. The molecule has 39 heavy (non-hydrogen) atoms. The van der Waals surface area contributed by atoms with Crippen LogP contribution in [0, 0.1) is 11.2 Å². The number of alkyl halides is 3. The Morgan fingerprint density at radius 3 is 2.46 bits per heavy atom. The molecule has 0 unspecified atom stereocenters. The standard InChI is InChI=1S/C25H29ClF4N4O4S/c1-24(2,3)13-33(14-25(28,29)30)18(11-31-23(37)19-6-7-20(26)39-19)22(36)32-17-5-4-15(10-16(17)27)34-8-9-38-12-21(34)35/h4-7,10,18H,8-9,11-14H2,1-3H3,(H,31,37)(H,32,36)/t18-/m0/s1. The third kappa shape index (κ3) is 9.16. The molecule has 0 radical (unpaired) electrons. The van der Waals surface area contributed by atoms with E-state index in [0.717, 1.165) is 22.3 Å². The van der Waals surface area contributed by atoms with Crippen LogP contribution in [0.2, 0.25) is 4.34 Å². The summed E-state index contributed by atoms with van der Waals surface area (Å²) in [7, 11) is 0. The van der Waals surface area contributed by atoms with E-state index >= 15 is 0 Å². The van der Waals surface area contributed by atoms with Crippen LogP contribution in [0.5, 0.6) is 0 Å². The molecule has 1 aromatic carbocycles. The summed E-state index contributed by atoms with van der Waals surface area (Å²) in [5.41, 5.74) is -0.677. The second-order valence-electron chi connectivity index (χ2n) is 10.2. The van der Waals surface area contributed by atoms with E-state index in [1.165, 1.54) is 29.2 Å². The van der Waals surface area contributed by atoms with Crippen LogP contribution < -0.4 is 15.5 Å². The molecule has 1 aromatic heterocycles. The minimum atomic E-state index is -4.65. The van der Waals surface area contributed by atoms with Crippen molar-refractivity contribution >= 4 is 52.0 Å². The Balaban J connectivity index is 1.85. The Kier molecular flexibility index (Phi) is 9.97. The predicted octanol–water partition coefficient (Wildman–Crippen LogP) is 4.55. The molecule has 1 aliphatic heterocycles. The Morgan fingerprint density at radius 2 is 1.90 bits per heavy atom. The van der Waals surface area contributed by atoms with Crippen molar-refractivity contribution in [3.63, 3.8) is 0 Å². The van der Waals surface area contributed by atoms with Gasteiger partial charge in [0.15, 0.2) is 0 Å². The van der Waals surface area contributed by atoms with Gasteiger partial charge in [0, 0.05) is 25.3 Å². The van der Waals surface area contributed by atoms with E-state index in [9.17, 15) is 31.9 Å². The molecule has 2 aromatic rings. The molecular formula is C25H29ClF4N4O4S. The van der Waals surface area contributed by atoms with Crippen molar-refractivity contribution in [1.82, 2.24) is 10.2 Å². The minimum Gasteiger partial charge on any atom is -0.370 e. The average molecular weight is 593 g/mol. The number of rotatable bonds is 9. The lowest BCUT2D eigenvalue weighted by atomic mass is 9.95. The average Bonchev–Trinajstić information content (AvgIpc) is 3.25. The number of thiophene rings is 1. The normalized spacial score (nSPS) is 15.4. The van der Waals surface area contributed by atoms with Crippen LogP contribution in [-0.2, 0) is 14.3 Å². The van der Waals surface area contributed by atoms with Crippen LogP contribution in [0.25, 0.3) is 0 Å². The van der Waals surface area contributed by atoms with E-state index in [1.54, 1.807) is 20.8 Å². The van der Waals surface area contributed by atoms with Crippen LogP contribution in [-0.4, -0.2) is 74.2 Å². The molecule has 1 fully saturated rings. The molecule has 0 spiro atoms. The molecule has 1 saturated heterocycles. The third-order valence-corrected chi connectivity index (χ3v) is 6.79. The Bertz CT molecular complexity index is 1190. The highest BCUT2D eigenvalue weighted by atomic mass is 35.5. The maximum absolute atomic E-state index is 15.0. The summed E-state index contributed by atoms with van der Waals surface area (Å²) in [6, 6.07) is 5.16. The number of nitrogens with one attached hydrogen (secondary N) is 2. The van der Waals surface area contributed by atoms with Gasteiger partial charge in [0.1, 0.15) is 18.5 Å². The molecule has 0 aliphatic carbocycles. The number of morpholine rings is 1. The van der Waals surface area contributed by atoms with E-state index in [1.807, 2.05) is 0 Å². The van der Waals surface area contributed by atoms with Gasteiger partial charge in [0.25, 0.3) is 11.8 Å². The number of carbonyl (C=O) groups is 3. The largest absolute Gasteiger partial charge is 0.401 e. The number of carbonyl (C=O) groups excluding carboxylic acids is 3. The van der Waals surface area contributed by atoms with Crippen molar-refractivity contribution in [2.45, 2.75) is 33.0 Å². The molecule has 214 valence electrons. The summed E-state index contributed by atoms with van der Waals surface area (Å²) in [5.74, 6) is -2.79. The second-order valence-corrected chi connectivity index (χ2v) is 11.9. The van der Waals surface area contributed by atoms with Gasteiger partial charge in [-0.1, -0.05) is 32.4 Å². The molecule has 0 saturated carbocycles. The van der Waals surface area contributed by atoms with Crippen LogP contribution in [0.1, 0.15) is 30.4 Å². The van der Waals surface area contributed by atoms with Crippen LogP contribution >= 0.6 is 22.9 Å². The predicted molar refractivity (Wildman–Crippen MR) is 141 cm³/mol. The zero-order chi connectivity index (χ0) is 29.0. The van der Waals surface area contributed by atoms with Crippen LogP contribution in [0.4, 0.5) is 28.9 Å². The molecular weight excluding hydrogens is 564 g/mol. The highest BCUT2D eigenvalue weighted by Gasteiger charge is 2.38. The fraction of sp³-hybridized carbons (Fsp3) is 0.480. The number of benzene rings is 1. The second kappa shape index (κ2) is 12.6. The molecule has 2 heterocycles. The number of nitrogens with zero attached hydrogens (tertiary/aromatic N) is 2. The van der Waals surface area contributed by atoms with Crippen LogP contribution in [0.15, 0.2) is 30.3 Å². The van der Waals surface area contributed by atoms with Gasteiger partial charge in [0.05, 0.1) is 28.1 Å². The summed E-state index contributed by atoms with van der Waals surface area (Å²) in [6.07, 6.45) is -4.65. The summed E-state index contributed by atoms with van der Waals surface area (Å²) < 4.78 is 61.0. The smallest absolute Gasteiger partial charge is 0.370 e. The summed E-state index contributed by atoms with van der Waals surface area (Å²) >= 11 is 6.84. The van der Waals surface area contributed by atoms with Gasteiger partial charge in [-0.3, -0.25) is 19.3 Å². The van der Waals surface area contributed by atoms with Crippen molar-refractivity contribution in [3.8, 4) is 0 Å². The molecule has 3 amide bonds. The zero-order valence-corrected chi connectivity index (χ0v) is 23.1. The highest BCUT2D eigenvalue weighted by Crippen LogP contribution is 2.27. The monoisotopic (exact) mass is 592 g/mol. The minimum absolute atomic E-state index is 0.145. The summed E-state index contributed by atoms with van der Waals surface area (Å²) in [4.78, 5) is 40.4. The Hall–Kier alpha value is -2.74. The van der Waals surface area contributed by atoms with Gasteiger partial charge in [-0.25, -0.2) is 4.39 Å². The Morgan fingerprint density at radius 1 is 1.18 bits per heavy atom. The van der Waals surface area contributed by atoms with Gasteiger partial charge in [0.2, 0.25) is 5.91 Å². The van der Waals surface area contributed by atoms with Gasteiger partial charge in [-0.15, -0.1) is 11.3 Å². The van der Waals surface area contributed by atoms with Gasteiger partial charge < -0.3 is 20.3 Å². The zero-order valence-electron chi connectivity index (χ0n) is 21.5. The van der Waals surface area contributed by atoms with Crippen molar-refractivity contribution in [2.75, 3.05) is 49.6 Å². The van der Waals surface area contributed by atoms with E-state index in [4.69, 9.17) is 16.3 Å². The molecule has 8 nitrogen and oxygen atoms in total. The lowest BCUT2D eigenvalue weighted by molar-refractivity contribution is -0.156. The number of hydrogen-bond acceptors (Lipinski definition) is 6. The third-order valence-electron chi connectivity index (χ3n) is 5.56. The fourth-order valence-electron chi connectivity index (χ4n) is 4.00. The van der Waals surface area contributed by atoms with E-state index in [2.05, 4.69) is 10.6 Å². The van der Waals surface area contributed by atoms with E-state index < -0.39 is 48.4 Å². The molecule has 3 rings (SSSR count). The van der Waals surface area contributed by atoms with Crippen LogP contribution in [0.3, 0.4) is 0 Å². The first-order valence-corrected chi connectivity index (χ1v) is 13.2. The van der Waals surface area contributed by atoms with Crippen molar-refractivity contribution < 1.29 is 36.7 Å². The van der Waals surface area contributed by atoms with Crippen molar-refractivity contribution in [2.24, 2.45) is 5.41 Å². The number of halogens is 5. The Labute approximate surface area is 232 Å². The highest BCUT2D eigenvalue weighted by molar-refractivity contribution is 7.18. The molecule has 14 heteroatoms. The van der Waals surface area contributed by atoms with Gasteiger partial charge in [-0.2, -0.15) is 13.2 Å². The number of hydrogen-bond donors (Lipinski definition) is 2. The lowest BCUT2D eigenvalue weighted by Gasteiger charge is -2.36. The number of ether oxygens (including phenoxy) is 1. The maximum Gasteiger partial charge on any atom is 0.401 e.